The van der Waals surface area contributed by atoms with Crippen molar-refractivity contribution in [2.75, 3.05) is 0 Å². The molecular formula is C19H34. The van der Waals surface area contributed by atoms with E-state index in [-0.39, 0.29) is 0 Å². The van der Waals surface area contributed by atoms with Crippen LogP contribution in [0.5, 0.6) is 0 Å². The summed E-state index contributed by atoms with van der Waals surface area (Å²) < 4.78 is 0. The lowest BCUT2D eigenvalue weighted by atomic mass is 9.72. The van der Waals surface area contributed by atoms with E-state index in [1.54, 1.807) is 44.9 Å². The third-order valence-corrected chi connectivity index (χ3v) is 7.30. The van der Waals surface area contributed by atoms with Crippen LogP contribution in [0.15, 0.2) is 0 Å². The molecule has 0 aliphatic heterocycles. The first-order valence-electron chi connectivity index (χ1n) is 9.42. The molecule has 0 saturated heterocycles. The second kappa shape index (κ2) is 5.41. The largest absolute Gasteiger partial charge is 0.0683 e. The molecule has 4 bridgehead atoms. The summed E-state index contributed by atoms with van der Waals surface area (Å²) in [6, 6.07) is 0. The summed E-state index contributed by atoms with van der Waals surface area (Å²) in [6.07, 6.45) is 11.4. The van der Waals surface area contributed by atoms with Gasteiger partial charge >= 0.3 is 0 Å². The molecule has 5 saturated carbocycles. The van der Waals surface area contributed by atoms with Crippen molar-refractivity contribution in [1.29, 1.82) is 0 Å². The van der Waals surface area contributed by atoms with Crippen LogP contribution in [0, 0.1) is 47.3 Å². The minimum Gasteiger partial charge on any atom is -0.0683 e. The average molecular weight is 262 g/mol. The maximum Gasteiger partial charge on any atom is -0.0321 e. The molecule has 19 heavy (non-hydrogen) atoms. The maximum absolute atomic E-state index is 2.00. The van der Waals surface area contributed by atoms with Gasteiger partial charge < -0.3 is 0 Å². The maximum atomic E-state index is 2.00. The highest BCUT2D eigenvalue weighted by molar-refractivity contribution is 5.12. The van der Waals surface area contributed by atoms with Crippen LogP contribution in [-0.2, 0) is 0 Å². The molecule has 0 amide bonds. The van der Waals surface area contributed by atoms with Crippen LogP contribution in [0.25, 0.3) is 0 Å². The SMILES string of the molecule is C1CC2CC1C1CC3C4CCC(C4)C3C21.CC.CC. The minimum atomic E-state index is 1.20. The van der Waals surface area contributed by atoms with Gasteiger partial charge in [-0.15, -0.1) is 0 Å². The summed E-state index contributed by atoms with van der Waals surface area (Å²) in [5.74, 6) is 9.73. The molecule has 0 heterocycles. The minimum absolute atomic E-state index is 1.20. The second-order valence-electron chi connectivity index (χ2n) is 7.38. The molecule has 8 atom stereocenters. The lowest BCUT2D eigenvalue weighted by Crippen LogP contribution is -2.27. The Hall–Kier alpha value is 0. The number of rotatable bonds is 0. The van der Waals surface area contributed by atoms with E-state index in [0.717, 1.165) is 0 Å². The predicted octanol–water partition coefficient (Wildman–Crippen LogP) is 5.77. The number of fused-ring (bicyclic) bond motifs is 11. The zero-order chi connectivity index (χ0) is 13.6. The van der Waals surface area contributed by atoms with E-state index in [9.17, 15) is 0 Å². The van der Waals surface area contributed by atoms with Gasteiger partial charge in [0, 0.05) is 0 Å². The summed E-state index contributed by atoms with van der Waals surface area (Å²) in [5.41, 5.74) is 0. The zero-order valence-electron chi connectivity index (χ0n) is 13.6. The normalized spacial score (nSPS) is 54.9. The third-order valence-electron chi connectivity index (χ3n) is 7.30. The van der Waals surface area contributed by atoms with Gasteiger partial charge in [0.1, 0.15) is 0 Å². The Labute approximate surface area is 120 Å². The van der Waals surface area contributed by atoms with Crippen LogP contribution in [0.2, 0.25) is 0 Å². The molecule has 5 rings (SSSR count). The lowest BCUT2D eigenvalue weighted by Gasteiger charge is -2.33. The van der Waals surface area contributed by atoms with Gasteiger partial charge in [-0.3, -0.25) is 0 Å². The van der Waals surface area contributed by atoms with E-state index in [1.165, 1.54) is 47.3 Å². The smallest absolute Gasteiger partial charge is 0.0321 e. The van der Waals surface area contributed by atoms with E-state index < -0.39 is 0 Å². The van der Waals surface area contributed by atoms with Crippen LogP contribution in [0.1, 0.15) is 72.6 Å². The van der Waals surface area contributed by atoms with Gasteiger partial charge in [0.05, 0.1) is 0 Å². The molecule has 0 spiro atoms. The van der Waals surface area contributed by atoms with Gasteiger partial charge in [-0.25, -0.2) is 0 Å². The van der Waals surface area contributed by atoms with Gasteiger partial charge in [-0.2, -0.15) is 0 Å². The molecule has 0 aromatic heterocycles. The average Bonchev–Trinajstić information content (AvgIpc) is 3.24. The molecule has 8 unspecified atom stereocenters. The van der Waals surface area contributed by atoms with Crippen molar-refractivity contribution < 1.29 is 0 Å². The standard InChI is InChI=1S/C15H22.2C2H6/c1-3-10-5-8(1)12-7-13-9-2-4-11(6-9)15(13)14(10)12;2*1-2/h8-15H,1-7H2;2*1-2H3. The molecule has 0 aromatic carbocycles. The summed E-state index contributed by atoms with van der Waals surface area (Å²) in [6.45, 7) is 8.00. The summed E-state index contributed by atoms with van der Waals surface area (Å²) in [7, 11) is 0. The molecule has 5 aliphatic rings. The number of hydrogen-bond donors (Lipinski definition) is 0. The van der Waals surface area contributed by atoms with Crippen molar-refractivity contribution in [2.24, 2.45) is 47.3 Å². The van der Waals surface area contributed by atoms with E-state index in [2.05, 4.69) is 0 Å². The fraction of sp³-hybridized carbons (Fsp3) is 1.00. The zero-order valence-corrected chi connectivity index (χ0v) is 13.6. The Morgan fingerprint density at radius 3 is 1.26 bits per heavy atom. The second-order valence-corrected chi connectivity index (χ2v) is 7.38. The fourth-order valence-corrected chi connectivity index (χ4v) is 7.12. The molecule has 110 valence electrons. The summed E-state index contributed by atoms with van der Waals surface area (Å²) in [5, 5.41) is 0. The van der Waals surface area contributed by atoms with Crippen LogP contribution >= 0.6 is 0 Å². The monoisotopic (exact) mass is 262 g/mol. The van der Waals surface area contributed by atoms with Crippen molar-refractivity contribution >= 4 is 0 Å². The van der Waals surface area contributed by atoms with Crippen molar-refractivity contribution in [1.82, 2.24) is 0 Å². The molecule has 0 aromatic rings. The molecule has 0 radical (unpaired) electrons. The van der Waals surface area contributed by atoms with Crippen molar-refractivity contribution in [3.63, 3.8) is 0 Å². The van der Waals surface area contributed by atoms with Crippen LogP contribution in [-0.4, -0.2) is 0 Å². The molecule has 0 N–H and O–H groups in total. The van der Waals surface area contributed by atoms with Crippen molar-refractivity contribution in [3.8, 4) is 0 Å². The van der Waals surface area contributed by atoms with Gasteiger partial charge in [0.25, 0.3) is 0 Å². The first kappa shape index (κ1) is 14.0. The summed E-state index contributed by atoms with van der Waals surface area (Å²) in [4.78, 5) is 0. The van der Waals surface area contributed by atoms with Crippen LogP contribution in [0.4, 0.5) is 0 Å². The Morgan fingerprint density at radius 2 is 0.842 bits per heavy atom. The quantitative estimate of drug-likeness (QED) is 0.520. The Kier molecular flexibility index (Phi) is 3.98. The van der Waals surface area contributed by atoms with E-state index in [4.69, 9.17) is 0 Å². The Morgan fingerprint density at radius 1 is 0.474 bits per heavy atom. The van der Waals surface area contributed by atoms with Gasteiger partial charge in [-0.1, -0.05) is 27.7 Å². The third kappa shape index (κ3) is 1.84. The number of hydrogen-bond acceptors (Lipinski definition) is 0. The summed E-state index contributed by atoms with van der Waals surface area (Å²) >= 11 is 0. The predicted molar refractivity (Wildman–Crippen MR) is 82.9 cm³/mol. The first-order chi connectivity index (χ1) is 9.42. The van der Waals surface area contributed by atoms with Gasteiger partial charge in [0.15, 0.2) is 0 Å². The van der Waals surface area contributed by atoms with Gasteiger partial charge in [-0.05, 0) is 92.3 Å². The highest BCUT2D eigenvalue weighted by Crippen LogP contribution is 2.70. The highest BCUT2D eigenvalue weighted by atomic mass is 14.7. The van der Waals surface area contributed by atoms with Crippen LogP contribution in [0.3, 0.4) is 0 Å². The van der Waals surface area contributed by atoms with Crippen molar-refractivity contribution in [3.05, 3.63) is 0 Å². The highest BCUT2D eigenvalue weighted by Gasteiger charge is 2.63. The Balaban J connectivity index is 0.000000256. The Bertz CT molecular complexity index is 277. The van der Waals surface area contributed by atoms with Gasteiger partial charge in [0.2, 0.25) is 0 Å². The van der Waals surface area contributed by atoms with Crippen LogP contribution < -0.4 is 0 Å². The molecule has 5 aliphatic carbocycles. The lowest BCUT2D eigenvalue weighted by molar-refractivity contribution is 0.153. The van der Waals surface area contributed by atoms with E-state index in [1.807, 2.05) is 27.7 Å². The molecule has 5 fully saturated rings. The van der Waals surface area contributed by atoms with E-state index in [0.29, 0.717) is 0 Å². The fourth-order valence-electron chi connectivity index (χ4n) is 7.12. The molecule has 0 heteroatoms. The topological polar surface area (TPSA) is 0 Å². The molecule has 0 nitrogen and oxygen atoms in total. The molecular weight excluding hydrogens is 228 g/mol. The first-order valence-corrected chi connectivity index (χ1v) is 9.42. The van der Waals surface area contributed by atoms with E-state index >= 15 is 0 Å². The van der Waals surface area contributed by atoms with Crippen molar-refractivity contribution in [2.45, 2.75) is 72.6 Å².